The zero-order chi connectivity index (χ0) is 23.8. The predicted octanol–water partition coefficient (Wildman–Crippen LogP) is 2.32. The molecule has 3 heterocycles. The second-order valence-electron chi connectivity index (χ2n) is 7.36. The number of ether oxygens (including phenoxy) is 1. The van der Waals surface area contributed by atoms with E-state index in [1.807, 2.05) is 11.8 Å². The Balaban J connectivity index is 1.30. The lowest BCUT2D eigenvalue weighted by molar-refractivity contribution is -0.192. The fraction of sp³-hybridized carbons (Fsp3) is 0.421. The van der Waals surface area contributed by atoms with Gasteiger partial charge in [-0.2, -0.15) is 27.9 Å². The molecule has 1 aliphatic heterocycles. The monoisotopic (exact) mass is 470 g/mol. The van der Waals surface area contributed by atoms with Crippen LogP contribution in [0.2, 0.25) is 0 Å². The second kappa shape index (κ2) is 8.77. The van der Waals surface area contributed by atoms with E-state index in [0.29, 0.717) is 37.5 Å². The molecule has 33 heavy (non-hydrogen) atoms. The van der Waals surface area contributed by atoms with Gasteiger partial charge in [0.05, 0.1) is 17.1 Å². The van der Waals surface area contributed by atoms with E-state index in [1.54, 1.807) is 6.07 Å². The predicted molar refractivity (Wildman–Crippen MR) is 103 cm³/mol. The maximum atomic E-state index is 13.7. The maximum Gasteiger partial charge on any atom is 0.491 e. The highest BCUT2D eigenvalue weighted by Gasteiger charge is 2.42. The molecule has 3 aromatic rings. The van der Waals surface area contributed by atoms with Crippen LogP contribution in [-0.4, -0.2) is 69.2 Å². The standard InChI is InChI=1S/C19H18F4N6O4/c1-2-13-12-4-3-11(20)7-14(12)29(26-13)17-25-15(33-27-17)10-8-28(9-10)6-5-24-18(31)32-16(30)19(21,22)23/h3-4,7,10H,2,5-6,8-9H2,1H3,(H,24,31). The molecule has 176 valence electrons. The number of rotatable bonds is 6. The summed E-state index contributed by atoms with van der Waals surface area (Å²) >= 11 is 0. The number of nitrogens with one attached hydrogen (secondary N) is 1. The zero-order valence-corrected chi connectivity index (χ0v) is 17.2. The number of aryl methyl sites for hydroxylation is 1. The summed E-state index contributed by atoms with van der Waals surface area (Å²) in [5, 5.41) is 11.3. The van der Waals surface area contributed by atoms with Gasteiger partial charge in [0.2, 0.25) is 5.89 Å². The molecule has 2 aromatic heterocycles. The second-order valence-corrected chi connectivity index (χ2v) is 7.36. The number of benzene rings is 1. The molecule has 1 aromatic carbocycles. The normalized spacial score (nSPS) is 14.9. The Bertz CT molecular complexity index is 1180. The number of nitrogens with zero attached hydrogens (tertiary/aromatic N) is 5. The molecule has 1 fully saturated rings. The van der Waals surface area contributed by atoms with E-state index in [-0.39, 0.29) is 18.4 Å². The number of amides is 1. The van der Waals surface area contributed by atoms with Crippen LogP contribution in [0.5, 0.6) is 0 Å². The first kappa shape index (κ1) is 22.6. The minimum atomic E-state index is -5.24. The molecule has 1 N–H and O–H groups in total. The Labute approximate surface area is 183 Å². The summed E-state index contributed by atoms with van der Waals surface area (Å²) in [6.07, 6.45) is -6.06. The van der Waals surface area contributed by atoms with E-state index in [1.165, 1.54) is 16.8 Å². The highest BCUT2D eigenvalue weighted by molar-refractivity contribution is 5.87. The van der Waals surface area contributed by atoms with Crippen LogP contribution in [0.1, 0.15) is 24.4 Å². The molecule has 0 atom stereocenters. The number of fused-ring (bicyclic) bond motifs is 1. The number of esters is 1. The van der Waals surface area contributed by atoms with E-state index >= 15 is 0 Å². The Morgan fingerprint density at radius 1 is 1.30 bits per heavy atom. The molecule has 4 rings (SSSR count). The van der Waals surface area contributed by atoms with E-state index in [0.717, 1.165) is 11.1 Å². The number of halogens is 4. The molecular weight excluding hydrogens is 452 g/mol. The van der Waals surface area contributed by atoms with Crippen molar-refractivity contribution in [2.24, 2.45) is 0 Å². The molecule has 1 aliphatic rings. The van der Waals surface area contributed by atoms with Crippen molar-refractivity contribution < 1.29 is 36.4 Å². The largest absolute Gasteiger partial charge is 0.491 e. The maximum absolute atomic E-state index is 13.7. The van der Waals surface area contributed by atoms with Gasteiger partial charge in [0.1, 0.15) is 5.82 Å². The summed E-state index contributed by atoms with van der Waals surface area (Å²) in [5.74, 6) is -2.53. The van der Waals surface area contributed by atoms with Gasteiger partial charge in [-0.25, -0.2) is 14.0 Å². The molecule has 0 radical (unpaired) electrons. The average Bonchev–Trinajstić information content (AvgIpc) is 3.33. The van der Waals surface area contributed by atoms with Gasteiger partial charge in [0.15, 0.2) is 0 Å². The van der Waals surface area contributed by atoms with Crippen molar-refractivity contribution in [3.8, 4) is 5.95 Å². The van der Waals surface area contributed by atoms with Gasteiger partial charge in [-0.05, 0) is 23.7 Å². The molecule has 1 saturated heterocycles. The van der Waals surface area contributed by atoms with E-state index in [9.17, 15) is 27.2 Å². The molecule has 0 aliphatic carbocycles. The first-order valence-electron chi connectivity index (χ1n) is 9.96. The lowest BCUT2D eigenvalue weighted by Gasteiger charge is -2.36. The van der Waals surface area contributed by atoms with Crippen LogP contribution in [-0.2, 0) is 16.0 Å². The highest BCUT2D eigenvalue weighted by Crippen LogP contribution is 2.27. The molecule has 14 heteroatoms. The van der Waals surface area contributed by atoms with Crippen molar-refractivity contribution in [1.82, 2.24) is 30.1 Å². The van der Waals surface area contributed by atoms with Crippen molar-refractivity contribution in [3.05, 3.63) is 35.6 Å². The quantitative estimate of drug-likeness (QED) is 0.332. The van der Waals surface area contributed by atoms with Crippen molar-refractivity contribution in [1.29, 1.82) is 0 Å². The number of carbonyl (C=O) groups excluding carboxylic acids is 2. The summed E-state index contributed by atoms with van der Waals surface area (Å²) in [6, 6.07) is 4.37. The van der Waals surface area contributed by atoms with Crippen molar-refractivity contribution in [2.45, 2.75) is 25.4 Å². The number of hydrogen-bond donors (Lipinski definition) is 1. The summed E-state index contributed by atoms with van der Waals surface area (Å²) in [4.78, 5) is 28.0. The topological polar surface area (TPSA) is 115 Å². The third kappa shape index (κ3) is 4.79. The van der Waals surface area contributed by atoms with Gasteiger partial charge >= 0.3 is 18.2 Å². The summed E-state index contributed by atoms with van der Waals surface area (Å²) in [6.45, 7) is 3.25. The Morgan fingerprint density at radius 2 is 2.06 bits per heavy atom. The molecular formula is C19H18F4N6O4. The minimum Gasteiger partial charge on any atom is -0.369 e. The van der Waals surface area contributed by atoms with Crippen LogP contribution in [0.4, 0.5) is 22.4 Å². The fourth-order valence-electron chi connectivity index (χ4n) is 3.45. The van der Waals surface area contributed by atoms with Crippen molar-refractivity contribution in [3.63, 3.8) is 0 Å². The van der Waals surface area contributed by atoms with E-state index < -0.39 is 24.1 Å². The van der Waals surface area contributed by atoms with Crippen molar-refractivity contribution >= 4 is 23.0 Å². The van der Waals surface area contributed by atoms with Gasteiger partial charge < -0.3 is 14.6 Å². The van der Waals surface area contributed by atoms with Gasteiger partial charge in [0, 0.05) is 37.6 Å². The number of alkyl carbamates (subject to hydrolysis) is 1. The van der Waals surface area contributed by atoms with Gasteiger partial charge in [-0.3, -0.25) is 4.90 Å². The fourth-order valence-corrected chi connectivity index (χ4v) is 3.45. The van der Waals surface area contributed by atoms with Crippen LogP contribution in [0.3, 0.4) is 0 Å². The first-order valence-corrected chi connectivity index (χ1v) is 9.96. The lowest BCUT2D eigenvalue weighted by atomic mass is 10.0. The van der Waals surface area contributed by atoms with Gasteiger partial charge in [0.25, 0.3) is 5.95 Å². The van der Waals surface area contributed by atoms with Crippen LogP contribution in [0.25, 0.3) is 16.9 Å². The highest BCUT2D eigenvalue weighted by atomic mass is 19.4. The third-order valence-corrected chi connectivity index (χ3v) is 5.10. The number of hydrogen-bond acceptors (Lipinski definition) is 8. The van der Waals surface area contributed by atoms with Crippen LogP contribution < -0.4 is 5.32 Å². The number of carbonyl (C=O) groups is 2. The molecule has 1 amide bonds. The molecule has 0 saturated carbocycles. The van der Waals surface area contributed by atoms with E-state index in [4.69, 9.17) is 4.52 Å². The minimum absolute atomic E-state index is 0.0175. The Hall–Kier alpha value is -3.55. The van der Waals surface area contributed by atoms with Crippen molar-refractivity contribution in [2.75, 3.05) is 26.2 Å². The van der Waals surface area contributed by atoms with Gasteiger partial charge in [-0.15, -0.1) is 0 Å². The smallest absolute Gasteiger partial charge is 0.369 e. The summed E-state index contributed by atoms with van der Waals surface area (Å²) in [7, 11) is 0. The number of likely N-dealkylation sites (tertiary alicyclic amines) is 1. The molecule has 0 spiro atoms. The Morgan fingerprint density at radius 3 is 2.76 bits per heavy atom. The number of aromatic nitrogens is 4. The summed E-state index contributed by atoms with van der Waals surface area (Å²) in [5.41, 5.74) is 1.30. The molecule has 10 nitrogen and oxygen atoms in total. The summed E-state index contributed by atoms with van der Waals surface area (Å²) < 4.78 is 60.3. The lowest BCUT2D eigenvalue weighted by Crippen LogP contribution is -2.48. The van der Waals surface area contributed by atoms with Crippen LogP contribution in [0.15, 0.2) is 22.7 Å². The SMILES string of the molecule is CCc1nn(-c2noc(C3CN(CCNC(=O)OC(=O)C(F)(F)F)C3)n2)c2cc(F)ccc12. The molecule has 0 bridgehead atoms. The van der Waals surface area contributed by atoms with Crippen LogP contribution in [0, 0.1) is 5.82 Å². The number of alkyl halides is 3. The average molecular weight is 470 g/mol. The van der Waals surface area contributed by atoms with Crippen LogP contribution >= 0.6 is 0 Å². The molecule has 0 unspecified atom stereocenters. The van der Waals surface area contributed by atoms with E-state index in [2.05, 4.69) is 25.3 Å². The third-order valence-electron chi connectivity index (χ3n) is 5.10. The Kier molecular flexibility index (Phi) is 6.01. The zero-order valence-electron chi connectivity index (χ0n) is 17.2. The van der Waals surface area contributed by atoms with Gasteiger partial charge in [-0.1, -0.05) is 6.92 Å². The first-order chi connectivity index (χ1) is 15.7.